The van der Waals surface area contributed by atoms with Crippen molar-refractivity contribution in [1.82, 2.24) is 0 Å². The summed E-state index contributed by atoms with van der Waals surface area (Å²) in [7, 11) is 0. The Morgan fingerprint density at radius 1 is 0.857 bits per heavy atom. The standard InChI is InChI=1S/C6H6O4S2.2Na/c7-11(8)5-3-1-2-4-6(5)12(9)10;;/h1-4H,(H,7,8)(H,9,10);;/q;2*+1/p-2. The molecule has 0 aromatic heterocycles. The Morgan fingerprint density at radius 3 is 1.36 bits per heavy atom. The zero-order chi connectivity index (χ0) is 9.14. The third-order valence-electron chi connectivity index (χ3n) is 1.21. The molecule has 0 aliphatic carbocycles. The Balaban J connectivity index is 0. The number of benzene rings is 1. The van der Waals surface area contributed by atoms with Crippen LogP contribution in [0.15, 0.2) is 34.1 Å². The van der Waals surface area contributed by atoms with Gasteiger partial charge in [-0.3, -0.25) is 8.42 Å². The van der Waals surface area contributed by atoms with E-state index in [1.165, 1.54) is 24.3 Å². The molecule has 0 heterocycles. The van der Waals surface area contributed by atoms with E-state index in [0.717, 1.165) is 0 Å². The quantitative estimate of drug-likeness (QED) is 0.387. The maximum Gasteiger partial charge on any atom is 1.00 e. The summed E-state index contributed by atoms with van der Waals surface area (Å²) < 4.78 is 41.8. The zero-order valence-electron chi connectivity index (χ0n) is 7.76. The first-order valence-corrected chi connectivity index (χ1v) is 5.05. The van der Waals surface area contributed by atoms with Crippen molar-refractivity contribution in [2.75, 3.05) is 0 Å². The van der Waals surface area contributed by atoms with Crippen LogP contribution in [0.25, 0.3) is 0 Å². The second-order valence-electron chi connectivity index (χ2n) is 1.92. The van der Waals surface area contributed by atoms with E-state index in [1.807, 2.05) is 0 Å². The van der Waals surface area contributed by atoms with Crippen LogP contribution in [-0.4, -0.2) is 17.5 Å². The van der Waals surface area contributed by atoms with Gasteiger partial charge in [-0.2, -0.15) is 0 Å². The Kier molecular flexibility index (Phi) is 10.9. The molecule has 0 aliphatic rings. The van der Waals surface area contributed by atoms with Gasteiger partial charge in [0.05, 0.1) is 0 Å². The molecule has 0 amide bonds. The Morgan fingerprint density at radius 2 is 1.14 bits per heavy atom. The molecule has 4 nitrogen and oxygen atoms in total. The largest absolute Gasteiger partial charge is 1.00 e. The minimum Gasteiger partial charge on any atom is -0.768 e. The van der Waals surface area contributed by atoms with E-state index < -0.39 is 22.2 Å². The van der Waals surface area contributed by atoms with Gasteiger partial charge in [0.15, 0.2) is 0 Å². The molecule has 14 heavy (non-hydrogen) atoms. The van der Waals surface area contributed by atoms with Crippen molar-refractivity contribution in [3.05, 3.63) is 24.3 Å². The van der Waals surface area contributed by atoms with E-state index in [0.29, 0.717) is 0 Å². The molecular weight excluding hydrogens is 246 g/mol. The first kappa shape index (κ1) is 17.8. The number of rotatable bonds is 2. The molecule has 0 bridgehead atoms. The first-order chi connectivity index (χ1) is 5.63. The van der Waals surface area contributed by atoms with Gasteiger partial charge < -0.3 is 9.11 Å². The molecule has 0 radical (unpaired) electrons. The molecule has 1 aromatic carbocycles. The van der Waals surface area contributed by atoms with Crippen molar-refractivity contribution < 1.29 is 76.6 Å². The normalized spacial score (nSPS) is 13.3. The predicted molar refractivity (Wildman–Crippen MR) is 40.8 cm³/mol. The van der Waals surface area contributed by atoms with E-state index in [2.05, 4.69) is 0 Å². The van der Waals surface area contributed by atoms with Gasteiger partial charge in [0.1, 0.15) is 0 Å². The van der Waals surface area contributed by atoms with Gasteiger partial charge in [0, 0.05) is 9.79 Å². The monoisotopic (exact) mass is 250 g/mol. The second-order valence-corrected chi connectivity index (χ2v) is 3.73. The summed E-state index contributed by atoms with van der Waals surface area (Å²) in [5.74, 6) is 0. The SMILES string of the molecule is O=S([O-])c1ccccc1S(=O)[O-].[Na+].[Na+]. The number of hydrogen-bond donors (Lipinski definition) is 0. The molecule has 8 heteroatoms. The fourth-order valence-corrected chi connectivity index (χ4v) is 1.98. The van der Waals surface area contributed by atoms with Crippen LogP contribution in [0.3, 0.4) is 0 Å². The Bertz CT molecular complexity index is 311. The average molecular weight is 250 g/mol. The molecule has 66 valence electrons. The van der Waals surface area contributed by atoms with Gasteiger partial charge in [-0.05, 0) is 34.3 Å². The molecule has 0 spiro atoms. The minimum atomic E-state index is -2.50. The molecular formula is C6H4Na2O4S2. The van der Waals surface area contributed by atoms with Gasteiger partial charge in [-0.25, -0.2) is 0 Å². The van der Waals surface area contributed by atoms with E-state index >= 15 is 0 Å². The molecule has 0 saturated carbocycles. The summed E-state index contributed by atoms with van der Waals surface area (Å²) in [4.78, 5) is -0.406. The third-order valence-corrected chi connectivity index (χ3v) is 2.77. The molecule has 0 aliphatic heterocycles. The van der Waals surface area contributed by atoms with Crippen LogP contribution in [0, 0.1) is 0 Å². The van der Waals surface area contributed by atoms with E-state index in [-0.39, 0.29) is 68.9 Å². The van der Waals surface area contributed by atoms with Gasteiger partial charge in [0.25, 0.3) is 0 Å². The van der Waals surface area contributed by atoms with Crippen LogP contribution >= 0.6 is 0 Å². The fraction of sp³-hybridized carbons (Fsp3) is 0. The topological polar surface area (TPSA) is 80.3 Å². The van der Waals surface area contributed by atoms with Crippen molar-refractivity contribution >= 4 is 22.2 Å². The Hall–Kier alpha value is 1.44. The summed E-state index contributed by atoms with van der Waals surface area (Å²) in [6.07, 6.45) is 0. The van der Waals surface area contributed by atoms with Crippen LogP contribution in [0.4, 0.5) is 0 Å². The Labute approximate surface area is 131 Å². The molecule has 0 N–H and O–H groups in total. The predicted octanol–water partition coefficient (Wildman–Crippen LogP) is -5.83. The molecule has 2 atom stereocenters. The van der Waals surface area contributed by atoms with E-state index in [4.69, 9.17) is 0 Å². The molecule has 0 fully saturated rings. The van der Waals surface area contributed by atoms with Crippen LogP contribution in [0.5, 0.6) is 0 Å². The fourth-order valence-electron chi connectivity index (χ4n) is 0.726. The average Bonchev–Trinajstić information content (AvgIpc) is 2.04. The summed E-state index contributed by atoms with van der Waals surface area (Å²) in [6.45, 7) is 0. The van der Waals surface area contributed by atoms with Crippen LogP contribution in [0.1, 0.15) is 0 Å². The smallest absolute Gasteiger partial charge is 0.768 e. The second kappa shape index (κ2) is 8.58. The maximum atomic E-state index is 10.5. The van der Waals surface area contributed by atoms with Crippen molar-refractivity contribution in [1.29, 1.82) is 0 Å². The van der Waals surface area contributed by atoms with Crippen molar-refractivity contribution in [3.63, 3.8) is 0 Å². The van der Waals surface area contributed by atoms with Crippen LogP contribution in [-0.2, 0) is 22.2 Å². The summed E-state index contributed by atoms with van der Waals surface area (Å²) in [6, 6.07) is 5.38. The van der Waals surface area contributed by atoms with E-state index in [9.17, 15) is 17.5 Å². The summed E-state index contributed by atoms with van der Waals surface area (Å²) in [5.41, 5.74) is 0. The van der Waals surface area contributed by atoms with E-state index in [1.54, 1.807) is 0 Å². The van der Waals surface area contributed by atoms with Gasteiger partial charge in [0.2, 0.25) is 0 Å². The summed E-state index contributed by atoms with van der Waals surface area (Å²) >= 11 is -5.01. The molecule has 1 aromatic rings. The zero-order valence-corrected chi connectivity index (χ0v) is 13.4. The number of hydrogen-bond acceptors (Lipinski definition) is 4. The molecule has 2 unspecified atom stereocenters. The van der Waals surface area contributed by atoms with Gasteiger partial charge in [-0.15, -0.1) is 0 Å². The molecule has 1 rings (SSSR count). The van der Waals surface area contributed by atoms with Crippen molar-refractivity contribution in [2.24, 2.45) is 0 Å². The molecule has 0 saturated heterocycles. The van der Waals surface area contributed by atoms with Gasteiger partial charge >= 0.3 is 59.1 Å². The van der Waals surface area contributed by atoms with Gasteiger partial charge in [-0.1, -0.05) is 12.1 Å². The third kappa shape index (κ3) is 4.98. The van der Waals surface area contributed by atoms with Crippen molar-refractivity contribution in [3.8, 4) is 0 Å². The van der Waals surface area contributed by atoms with Crippen molar-refractivity contribution in [2.45, 2.75) is 9.79 Å². The van der Waals surface area contributed by atoms with Crippen LogP contribution < -0.4 is 59.1 Å². The minimum absolute atomic E-state index is 0. The van der Waals surface area contributed by atoms with Crippen LogP contribution in [0.2, 0.25) is 0 Å². The maximum absolute atomic E-state index is 10.5. The summed E-state index contributed by atoms with van der Waals surface area (Å²) in [5, 5.41) is 0. The first-order valence-electron chi connectivity index (χ1n) is 2.90.